The monoisotopic (exact) mass is 411 g/mol. The van der Waals surface area contributed by atoms with Gasteiger partial charge in [-0.15, -0.1) is 11.3 Å². The Morgan fingerprint density at radius 1 is 1.38 bits per heavy atom. The number of nitrogens with zero attached hydrogens (tertiary/aromatic N) is 1. The Morgan fingerprint density at radius 2 is 2.08 bits per heavy atom. The Hall–Kier alpha value is -1.39. The van der Waals surface area contributed by atoms with E-state index in [1.165, 1.54) is 17.4 Å². The van der Waals surface area contributed by atoms with Gasteiger partial charge in [-0.1, -0.05) is 6.07 Å². The lowest BCUT2D eigenvalue weighted by Gasteiger charge is -2.34. The molecular weight excluding hydrogens is 394 g/mol. The van der Waals surface area contributed by atoms with Gasteiger partial charge < -0.3 is 10.0 Å². The van der Waals surface area contributed by atoms with Crippen LogP contribution in [0.2, 0.25) is 0 Å². The molecule has 0 bridgehead atoms. The van der Waals surface area contributed by atoms with Gasteiger partial charge in [0.2, 0.25) is 9.84 Å². The van der Waals surface area contributed by atoms with Crippen LogP contribution >= 0.6 is 11.3 Å². The SMILES string of the molecule is CN(Cc1cccs1)C1=CC=C(S(=O)(=O)C(F)F)C2C1CC(F)(F)[C@H]2O. The molecular formula is C16H17F4NO3S2. The van der Waals surface area contributed by atoms with E-state index in [9.17, 15) is 31.1 Å². The van der Waals surface area contributed by atoms with Crippen molar-refractivity contribution in [3.8, 4) is 0 Å². The van der Waals surface area contributed by atoms with E-state index in [0.717, 1.165) is 11.0 Å². The van der Waals surface area contributed by atoms with Gasteiger partial charge in [-0.2, -0.15) is 8.78 Å². The second-order valence-electron chi connectivity index (χ2n) is 6.44. The molecule has 0 spiro atoms. The van der Waals surface area contributed by atoms with Crippen LogP contribution in [0.1, 0.15) is 11.3 Å². The van der Waals surface area contributed by atoms with Gasteiger partial charge in [-0.3, -0.25) is 0 Å². The highest BCUT2D eigenvalue weighted by Crippen LogP contribution is 2.53. The molecule has 2 aliphatic rings. The van der Waals surface area contributed by atoms with E-state index in [2.05, 4.69) is 0 Å². The molecule has 0 radical (unpaired) electrons. The van der Waals surface area contributed by atoms with Crippen molar-refractivity contribution in [1.82, 2.24) is 4.90 Å². The molecule has 2 unspecified atom stereocenters. The highest BCUT2D eigenvalue weighted by Gasteiger charge is 2.60. The summed E-state index contributed by atoms with van der Waals surface area (Å²) in [5, 5.41) is 11.8. The first-order valence-corrected chi connectivity index (χ1v) is 10.2. The van der Waals surface area contributed by atoms with Gasteiger partial charge in [0.15, 0.2) is 0 Å². The Labute approximate surface area is 152 Å². The maximum Gasteiger partial charge on any atom is 0.340 e. The Balaban J connectivity index is 2.01. The minimum Gasteiger partial charge on any atom is -0.386 e. The number of halogens is 4. The van der Waals surface area contributed by atoms with E-state index in [1.807, 2.05) is 17.5 Å². The first kappa shape index (κ1) is 19.4. The minimum atomic E-state index is -5.06. The van der Waals surface area contributed by atoms with E-state index >= 15 is 0 Å². The maximum absolute atomic E-state index is 14.1. The molecule has 1 fully saturated rings. The number of aliphatic hydroxyl groups is 1. The first-order chi connectivity index (χ1) is 12.1. The third kappa shape index (κ3) is 3.18. The van der Waals surface area contributed by atoms with Crippen LogP contribution in [0.3, 0.4) is 0 Å². The number of rotatable bonds is 5. The van der Waals surface area contributed by atoms with E-state index in [0.29, 0.717) is 12.2 Å². The zero-order valence-corrected chi connectivity index (χ0v) is 15.3. The van der Waals surface area contributed by atoms with Crippen molar-refractivity contribution >= 4 is 21.2 Å². The van der Waals surface area contributed by atoms with Gasteiger partial charge in [0.25, 0.3) is 5.92 Å². The Morgan fingerprint density at radius 3 is 2.65 bits per heavy atom. The summed E-state index contributed by atoms with van der Waals surface area (Å²) < 4.78 is 77.9. The van der Waals surface area contributed by atoms with Crippen LogP contribution in [0.5, 0.6) is 0 Å². The van der Waals surface area contributed by atoms with Crippen LogP contribution < -0.4 is 0 Å². The zero-order chi connectivity index (χ0) is 19.3. The van der Waals surface area contributed by atoms with Gasteiger partial charge in [0.05, 0.1) is 11.4 Å². The lowest BCUT2D eigenvalue weighted by Crippen LogP contribution is -2.37. The highest BCUT2D eigenvalue weighted by molar-refractivity contribution is 7.95. The summed E-state index contributed by atoms with van der Waals surface area (Å²) >= 11 is 1.47. The molecule has 10 heteroatoms. The van der Waals surface area contributed by atoms with Crippen LogP contribution in [0.4, 0.5) is 17.6 Å². The fourth-order valence-electron chi connectivity index (χ4n) is 3.59. The molecule has 1 aromatic heterocycles. The third-order valence-corrected chi connectivity index (χ3v) is 7.20. The largest absolute Gasteiger partial charge is 0.386 e. The van der Waals surface area contributed by atoms with Crippen LogP contribution in [0.25, 0.3) is 0 Å². The molecule has 4 nitrogen and oxygen atoms in total. The van der Waals surface area contributed by atoms with Crippen molar-refractivity contribution in [2.24, 2.45) is 11.8 Å². The number of allylic oxidation sites excluding steroid dienone is 3. The molecule has 0 aromatic carbocycles. The van der Waals surface area contributed by atoms with Crippen LogP contribution in [0, 0.1) is 11.8 Å². The lowest BCUT2D eigenvalue weighted by atomic mass is 9.87. The van der Waals surface area contributed by atoms with Gasteiger partial charge >= 0.3 is 5.76 Å². The Bertz CT molecular complexity index is 834. The summed E-state index contributed by atoms with van der Waals surface area (Å²) in [5.41, 5.74) is 0.396. The minimum absolute atomic E-state index is 0.396. The number of fused-ring (bicyclic) bond motifs is 1. The normalized spacial score (nSPS) is 27.9. The first-order valence-electron chi connectivity index (χ1n) is 7.79. The second-order valence-corrected chi connectivity index (χ2v) is 9.39. The second kappa shape index (κ2) is 6.65. The molecule has 0 aliphatic heterocycles. The molecule has 3 atom stereocenters. The summed E-state index contributed by atoms with van der Waals surface area (Å²) in [7, 11) is -3.40. The quantitative estimate of drug-likeness (QED) is 0.756. The molecule has 1 aromatic rings. The van der Waals surface area contributed by atoms with Gasteiger partial charge in [0, 0.05) is 35.9 Å². The van der Waals surface area contributed by atoms with Crippen molar-refractivity contribution in [1.29, 1.82) is 0 Å². The maximum atomic E-state index is 14.1. The summed E-state index contributed by atoms with van der Waals surface area (Å²) in [6, 6.07) is 3.70. The van der Waals surface area contributed by atoms with Crippen LogP contribution in [-0.2, 0) is 16.4 Å². The number of hydrogen-bond donors (Lipinski definition) is 1. The smallest absolute Gasteiger partial charge is 0.340 e. The van der Waals surface area contributed by atoms with Crippen molar-refractivity contribution in [2.75, 3.05) is 7.05 Å². The fraction of sp³-hybridized carbons (Fsp3) is 0.500. The average molecular weight is 411 g/mol. The number of thiophene rings is 1. The third-order valence-electron chi connectivity index (χ3n) is 4.80. The molecule has 1 saturated carbocycles. The predicted molar refractivity (Wildman–Crippen MR) is 89.4 cm³/mol. The number of alkyl halides is 4. The topological polar surface area (TPSA) is 57.6 Å². The number of sulfone groups is 1. The number of hydrogen-bond acceptors (Lipinski definition) is 5. The zero-order valence-electron chi connectivity index (χ0n) is 13.6. The van der Waals surface area contributed by atoms with Crippen molar-refractivity contribution in [2.45, 2.75) is 30.7 Å². The van der Waals surface area contributed by atoms with E-state index in [1.54, 1.807) is 11.9 Å². The van der Waals surface area contributed by atoms with Crippen molar-refractivity contribution in [3.63, 3.8) is 0 Å². The molecule has 0 amide bonds. The highest BCUT2D eigenvalue weighted by atomic mass is 32.2. The summed E-state index contributed by atoms with van der Waals surface area (Å²) in [6.45, 7) is 0.402. The van der Waals surface area contributed by atoms with E-state index < -0.39 is 50.8 Å². The van der Waals surface area contributed by atoms with Crippen LogP contribution in [0.15, 0.2) is 40.3 Å². The fourth-order valence-corrected chi connectivity index (χ4v) is 5.49. The predicted octanol–water partition coefficient (Wildman–Crippen LogP) is 3.23. The molecule has 0 saturated heterocycles. The lowest BCUT2D eigenvalue weighted by molar-refractivity contribution is -0.0937. The Kier molecular flexibility index (Phi) is 4.95. The molecule has 3 rings (SSSR count). The molecule has 26 heavy (non-hydrogen) atoms. The van der Waals surface area contributed by atoms with Crippen molar-refractivity contribution < 1.29 is 31.1 Å². The summed E-state index contributed by atoms with van der Waals surface area (Å²) in [4.78, 5) is 1.82. The standard InChI is InChI=1S/C16H17F4NO3S2/c1-21(8-9-3-2-6-25-9)11-4-5-12(26(23,24)15(17)18)13-10(11)7-16(19,20)14(13)22/h2-6,10,13-15,22H,7-8H2,1H3/t10?,13?,14-/m0/s1. The van der Waals surface area contributed by atoms with Gasteiger partial charge in [-0.25, -0.2) is 17.2 Å². The van der Waals surface area contributed by atoms with E-state index in [-0.39, 0.29) is 0 Å². The number of aliphatic hydroxyl groups excluding tert-OH is 1. The molecule has 1 heterocycles. The van der Waals surface area contributed by atoms with E-state index in [4.69, 9.17) is 0 Å². The summed E-state index contributed by atoms with van der Waals surface area (Å²) in [6.07, 6.45) is -0.910. The average Bonchev–Trinajstić information content (AvgIpc) is 3.13. The van der Waals surface area contributed by atoms with Crippen LogP contribution in [-0.4, -0.2) is 43.3 Å². The summed E-state index contributed by atoms with van der Waals surface area (Å²) in [5.74, 6) is -9.93. The van der Waals surface area contributed by atoms with Crippen molar-refractivity contribution in [3.05, 3.63) is 45.1 Å². The van der Waals surface area contributed by atoms with Gasteiger partial charge in [-0.05, 0) is 23.6 Å². The molecule has 1 N–H and O–H groups in total. The van der Waals surface area contributed by atoms with Gasteiger partial charge in [0.1, 0.15) is 6.10 Å². The molecule has 2 aliphatic carbocycles. The molecule has 144 valence electrons.